The molecule has 6 nitrogen and oxygen atoms in total. The summed E-state index contributed by atoms with van der Waals surface area (Å²) in [6.07, 6.45) is 6.63. The molecular formula is C34H49N3O3S. The fraction of sp³-hybridized carbons (Fsp3) is 0.529. The van der Waals surface area contributed by atoms with Gasteiger partial charge < -0.3 is 9.84 Å². The molecule has 0 bridgehead atoms. The van der Waals surface area contributed by atoms with Gasteiger partial charge in [0.2, 0.25) is 0 Å². The first-order chi connectivity index (χ1) is 19.6. The summed E-state index contributed by atoms with van der Waals surface area (Å²) < 4.78 is 5.71. The number of carboxylic acids is 1. The van der Waals surface area contributed by atoms with E-state index in [4.69, 9.17) is 9.84 Å². The van der Waals surface area contributed by atoms with Crippen LogP contribution in [0.15, 0.2) is 36.4 Å². The summed E-state index contributed by atoms with van der Waals surface area (Å²) in [4.78, 5) is 9.37. The van der Waals surface area contributed by atoms with E-state index in [1.54, 1.807) is 18.3 Å². The molecule has 224 valence electrons. The highest BCUT2D eigenvalue weighted by atomic mass is 32.1. The van der Waals surface area contributed by atoms with Gasteiger partial charge in [0.05, 0.1) is 11.7 Å². The van der Waals surface area contributed by atoms with Gasteiger partial charge in [-0.25, -0.2) is 0 Å². The minimum Gasteiger partial charge on any atom is -0.490 e. The predicted octanol–water partition coefficient (Wildman–Crippen LogP) is 9.92. The fourth-order valence-electron chi connectivity index (χ4n) is 4.31. The standard InChI is InChI=1S/C22H21N3OS.C7H16.C3H6O2.C2H6/c1-13(2)26-20-10-8-15(11-16(20)12-23)21-24-25-22(27-21)19-6-4-5-17-14(3)7-9-18(17)19;1-4-6-7(3)5-2;1-2-3(4)5;1-2/h4-6,8,10-11,13-14H,7,9H2,1-3H3;7H,4-6H2,1-3H3;2H2,1H3,(H,4,5);1-2H3. The Balaban J connectivity index is 0.000000503. The van der Waals surface area contributed by atoms with Crippen LogP contribution in [0.4, 0.5) is 0 Å². The number of hydrogen-bond donors (Lipinski definition) is 1. The lowest BCUT2D eigenvalue weighted by molar-refractivity contribution is -0.136. The number of rotatable bonds is 8. The van der Waals surface area contributed by atoms with Crippen LogP contribution in [0.1, 0.15) is 117 Å². The fourth-order valence-corrected chi connectivity index (χ4v) is 5.21. The highest BCUT2D eigenvalue weighted by Crippen LogP contribution is 2.40. The molecule has 1 aliphatic rings. The van der Waals surface area contributed by atoms with Gasteiger partial charge >= 0.3 is 5.97 Å². The number of fused-ring (bicyclic) bond motifs is 1. The summed E-state index contributed by atoms with van der Waals surface area (Å²) in [7, 11) is 0. The van der Waals surface area contributed by atoms with E-state index >= 15 is 0 Å². The lowest BCUT2D eigenvalue weighted by Crippen LogP contribution is -2.06. The molecular weight excluding hydrogens is 530 g/mol. The highest BCUT2D eigenvalue weighted by Gasteiger charge is 2.23. The van der Waals surface area contributed by atoms with E-state index in [1.165, 1.54) is 42.4 Å². The summed E-state index contributed by atoms with van der Waals surface area (Å²) in [5.74, 6) is 1.42. The number of aromatic nitrogens is 2. The zero-order chi connectivity index (χ0) is 30.9. The first kappa shape index (κ1) is 35.8. The Morgan fingerprint density at radius 1 is 1.12 bits per heavy atom. The molecule has 3 aromatic rings. The average molecular weight is 580 g/mol. The average Bonchev–Trinajstić information content (AvgIpc) is 3.62. The summed E-state index contributed by atoms with van der Waals surface area (Å²) in [5, 5.41) is 27.8. The minimum atomic E-state index is -0.745. The van der Waals surface area contributed by atoms with E-state index in [9.17, 15) is 10.1 Å². The molecule has 4 rings (SSSR count). The summed E-state index contributed by atoms with van der Waals surface area (Å²) >= 11 is 1.57. The molecule has 0 amide bonds. The van der Waals surface area contributed by atoms with Gasteiger partial charge in [0.1, 0.15) is 21.8 Å². The Morgan fingerprint density at radius 2 is 1.78 bits per heavy atom. The van der Waals surface area contributed by atoms with Crippen LogP contribution in [0.2, 0.25) is 0 Å². The number of hydrogen-bond acceptors (Lipinski definition) is 6. The van der Waals surface area contributed by atoms with E-state index < -0.39 is 5.97 Å². The zero-order valence-corrected chi connectivity index (χ0v) is 27.3. The molecule has 0 fully saturated rings. The van der Waals surface area contributed by atoms with Crippen molar-refractivity contribution in [1.82, 2.24) is 10.2 Å². The van der Waals surface area contributed by atoms with Crippen LogP contribution in [0.5, 0.6) is 5.75 Å². The molecule has 0 radical (unpaired) electrons. The Morgan fingerprint density at radius 3 is 2.32 bits per heavy atom. The second kappa shape index (κ2) is 19.0. The monoisotopic (exact) mass is 579 g/mol. The van der Waals surface area contributed by atoms with Gasteiger partial charge in [-0.2, -0.15) is 5.26 Å². The molecule has 1 N–H and O–H groups in total. The molecule has 2 atom stereocenters. The number of aliphatic carboxylic acids is 1. The summed E-state index contributed by atoms with van der Waals surface area (Å²) in [5.41, 5.74) is 5.46. The van der Waals surface area contributed by atoms with Crippen LogP contribution in [-0.2, 0) is 11.2 Å². The van der Waals surface area contributed by atoms with E-state index in [1.807, 2.05) is 45.9 Å². The molecule has 2 unspecified atom stereocenters. The van der Waals surface area contributed by atoms with Gasteiger partial charge in [-0.15, -0.1) is 10.2 Å². The molecule has 41 heavy (non-hydrogen) atoms. The van der Waals surface area contributed by atoms with Crippen molar-refractivity contribution in [2.45, 2.75) is 113 Å². The van der Waals surface area contributed by atoms with E-state index in [0.29, 0.717) is 17.2 Å². The van der Waals surface area contributed by atoms with Crippen LogP contribution in [-0.4, -0.2) is 27.4 Å². The highest BCUT2D eigenvalue weighted by molar-refractivity contribution is 7.17. The first-order valence-electron chi connectivity index (χ1n) is 15.0. The van der Waals surface area contributed by atoms with Crippen molar-refractivity contribution in [2.75, 3.05) is 0 Å². The van der Waals surface area contributed by atoms with Crippen molar-refractivity contribution in [3.8, 4) is 33.0 Å². The van der Waals surface area contributed by atoms with Crippen molar-refractivity contribution >= 4 is 17.3 Å². The van der Waals surface area contributed by atoms with Crippen molar-refractivity contribution in [2.24, 2.45) is 5.92 Å². The number of ether oxygens (including phenoxy) is 1. The van der Waals surface area contributed by atoms with Gasteiger partial charge in [0.15, 0.2) is 0 Å². The lowest BCUT2D eigenvalue weighted by atomic mass is 10.0. The zero-order valence-electron chi connectivity index (χ0n) is 26.5. The van der Waals surface area contributed by atoms with Crippen LogP contribution in [0.3, 0.4) is 0 Å². The van der Waals surface area contributed by atoms with Crippen LogP contribution < -0.4 is 4.74 Å². The van der Waals surface area contributed by atoms with Crippen LogP contribution in [0, 0.1) is 17.2 Å². The third-order valence-electron chi connectivity index (χ3n) is 6.72. The number of nitrogens with zero attached hydrogens (tertiary/aromatic N) is 3. The number of benzene rings is 2. The second-order valence-corrected chi connectivity index (χ2v) is 11.2. The maximum atomic E-state index is 9.45. The number of carbonyl (C=O) groups is 1. The molecule has 0 aliphatic heterocycles. The van der Waals surface area contributed by atoms with E-state index in [-0.39, 0.29) is 12.5 Å². The van der Waals surface area contributed by atoms with Crippen LogP contribution >= 0.6 is 11.3 Å². The van der Waals surface area contributed by atoms with Gasteiger partial charge in [-0.05, 0) is 67.9 Å². The van der Waals surface area contributed by atoms with Crippen molar-refractivity contribution < 1.29 is 14.6 Å². The molecule has 1 aromatic heterocycles. The number of carboxylic acid groups (broad SMARTS) is 1. The normalized spacial score (nSPS) is 13.7. The Kier molecular flexibility index (Phi) is 16.6. The maximum absolute atomic E-state index is 9.45. The maximum Gasteiger partial charge on any atom is 0.303 e. The quantitative estimate of drug-likeness (QED) is 0.285. The van der Waals surface area contributed by atoms with Gasteiger partial charge in [0, 0.05) is 17.5 Å². The predicted molar refractivity (Wildman–Crippen MR) is 172 cm³/mol. The molecule has 7 heteroatoms. The Labute approximate surface area is 251 Å². The van der Waals surface area contributed by atoms with Gasteiger partial charge in [-0.3, -0.25) is 4.79 Å². The molecule has 0 spiro atoms. The van der Waals surface area contributed by atoms with E-state index in [0.717, 1.165) is 27.9 Å². The van der Waals surface area contributed by atoms with Gasteiger partial charge in [-0.1, -0.05) is 97.3 Å². The summed E-state index contributed by atoms with van der Waals surface area (Å²) in [6.45, 7) is 18.6. The van der Waals surface area contributed by atoms with Crippen molar-refractivity contribution in [3.63, 3.8) is 0 Å². The molecule has 0 saturated carbocycles. The molecule has 0 saturated heterocycles. The lowest BCUT2D eigenvalue weighted by Gasteiger charge is -2.11. The smallest absolute Gasteiger partial charge is 0.303 e. The van der Waals surface area contributed by atoms with Crippen molar-refractivity contribution in [3.05, 3.63) is 53.1 Å². The number of nitriles is 1. The van der Waals surface area contributed by atoms with Crippen molar-refractivity contribution in [1.29, 1.82) is 5.26 Å². The topological polar surface area (TPSA) is 96.1 Å². The molecule has 2 aromatic carbocycles. The van der Waals surface area contributed by atoms with E-state index in [2.05, 4.69) is 62.2 Å². The molecule has 1 aliphatic carbocycles. The molecule has 1 heterocycles. The first-order valence-corrected chi connectivity index (χ1v) is 15.8. The van der Waals surface area contributed by atoms with Gasteiger partial charge in [0.25, 0.3) is 0 Å². The SMILES string of the molecule is CC.CC(C)Oc1ccc(-c2nnc(-c3cccc4c3CCC4C)s2)cc1C#N.CCC(=O)O.CCCC(C)CC. The largest absolute Gasteiger partial charge is 0.490 e. The second-order valence-electron chi connectivity index (χ2n) is 10.3. The van der Waals surface area contributed by atoms with Crippen LogP contribution in [0.25, 0.3) is 21.1 Å². The minimum absolute atomic E-state index is 0.0265. The third kappa shape index (κ3) is 11.3. The summed E-state index contributed by atoms with van der Waals surface area (Å²) in [6, 6.07) is 14.3. The Bertz CT molecular complexity index is 1250. The third-order valence-corrected chi connectivity index (χ3v) is 7.72. The Hall–Kier alpha value is -3.24.